The molecule has 0 bridgehead atoms. The van der Waals surface area contributed by atoms with E-state index in [1.807, 2.05) is 0 Å². The molecule has 0 saturated heterocycles. The van der Waals surface area contributed by atoms with Gasteiger partial charge in [0, 0.05) is 12.6 Å². The van der Waals surface area contributed by atoms with Gasteiger partial charge in [-0.1, -0.05) is 6.92 Å². The molecule has 0 amide bonds. The number of hydrogen-bond acceptors (Lipinski definition) is 8. The number of nitrogens with zero attached hydrogens (tertiary/aromatic N) is 1. The van der Waals surface area contributed by atoms with Crippen LogP contribution in [0.25, 0.3) is 6.08 Å². The zero-order chi connectivity index (χ0) is 22.0. The highest BCUT2D eigenvalue weighted by molar-refractivity contribution is 7.89. The lowest BCUT2D eigenvalue weighted by Gasteiger charge is -2.23. The van der Waals surface area contributed by atoms with Gasteiger partial charge in [-0.05, 0) is 37.1 Å². The first kappa shape index (κ1) is 24.4. The van der Waals surface area contributed by atoms with Crippen LogP contribution in [0.5, 0.6) is 11.5 Å². The molecule has 0 heterocycles. The summed E-state index contributed by atoms with van der Waals surface area (Å²) in [5.41, 5.74) is 0.374. The Balaban J connectivity index is 3.54. The molecule has 29 heavy (non-hydrogen) atoms. The van der Waals surface area contributed by atoms with Gasteiger partial charge in [-0.15, -0.1) is 0 Å². The SMILES string of the molecule is CCCN(CC(=O)OCC)S(=O)(=O)c1cc(/C=C/C(=O)OC)cc(OC)c1OC. The molecule has 10 heteroatoms. The smallest absolute Gasteiger partial charge is 0.330 e. The van der Waals surface area contributed by atoms with E-state index in [0.29, 0.717) is 12.0 Å². The van der Waals surface area contributed by atoms with Crippen molar-refractivity contribution >= 4 is 28.0 Å². The van der Waals surface area contributed by atoms with Gasteiger partial charge in [-0.3, -0.25) is 4.79 Å². The first-order chi connectivity index (χ1) is 13.7. The molecule has 162 valence electrons. The quantitative estimate of drug-likeness (QED) is 0.387. The average Bonchev–Trinajstić information content (AvgIpc) is 2.70. The molecule has 0 N–H and O–H groups in total. The standard InChI is InChI=1S/C19H27NO8S/c1-6-10-20(13-18(22)28-7-2)29(23,24)16-12-14(8-9-17(21)26-4)11-15(25-3)19(16)27-5/h8-9,11-12H,6-7,10,13H2,1-5H3/b9-8+. The van der Waals surface area contributed by atoms with Crippen molar-refractivity contribution in [2.24, 2.45) is 0 Å². The summed E-state index contributed by atoms with van der Waals surface area (Å²) in [6.45, 7) is 3.25. The summed E-state index contributed by atoms with van der Waals surface area (Å²) in [7, 11) is -0.228. The van der Waals surface area contributed by atoms with Crippen molar-refractivity contribution in [1.82, 2.24) is 4.31 Å². The normalized spacial score (nSPS) is 11.5. The van der Waals surface area contributed by atoms with Gasteiger partial charge >= 0.3 is 11.9 Å². The molecular formula is C19H27NO8S. The second-order valence-corrected chi connectivity index (χ2v) is 7.66. The Morgan fingerprint density at radius 2 is 1.79 bits per heavy atom. The Morgan fingerprint density at radius 1 is 1.10 bits per heavy atom. The molecule has 0 fully saturated rings. The molecule has 0 aliphatic carbocycles. The second-order valence-electron chi connectivity index (χ2n) is 5.75. The summed E-state index contributed by atoms with van der Waals surface area (Å²) >= 11 is 0. The fourth-order valence-corrected chi connectivity index (χ4v) is 4.17. The van der Waals surface area contributed by atoms with Crippen LogP contribution in [0.2, 0.25) is 0 Å². The fourth-order valence-electron chi connectivity index (χ4n) is 2.49. The maximum absolute atomic E-state index is 13.3. The molecule has 0 radical (unpaired) electrons. The highest BCUT2D eigenvalue weighted by Crippen LogP contribution is 2.37. The predicted octanol–water partition coefficient (Wildman–Crippen LogP) is 1.85. The third kappa shape index (κ3) is 6.47. The second kappa shape index (κ2) is 11.4. The topological polar surface area (TPSA) is 108 Å². The predicted molar refractivity (Wildman–Crippen MR) is 106 cm³/mol. The van der Waals surface area contributed by atoms with Gasteiger partial charge in [0.15, 0.2) is 11.5 Å². The molecule has 0 aliphatic rings. The van der Waals surface area contributed by atoms with E-state index in [9.17, 15) is 18.0 Å². The number of rotatable bonds is 11. The number of hydrogen-bond donors (Lipinski definition) is 0. The monoisotopic (exact) mass is 429 g/mol. The molecule has 0 aromatic heterocycles. The molecule has 0 spiro atoms. The minimum absolute atomic E-state index is 0.00678. The van der Waals surface area contributed by atoms with Gasteiger partial charge in [-0.25, -0.2) is 13.2 Å². The van der Waals surface area contributed by atoms with Gasteiger partial charge in [0.1, 0.15) is 11.4 Å². The molecule has 9 nitrogen and oxygen atoms in total. The Kier molecular flexibility index (Phi) is 9.63. The maximum atomic E-state index is 13.3. The van der Waals surface area contributed by atoms with Crippen molar-refractivity contribution in [3.8, 4) is 11.5 Å². The highest BCUT2D eigenvalue weighted by Gasteiger charge is 2.31. The van der Waals surface area contributed by atoms with Crippen LogP contribution >= 0.6 is 0 Å². The van der Waals surface area contributed by atoms with E-state index in [0.717, 1.165) is 10.4 Å². The number of methoxy groups -OCH3 is 3. The number of carbonyl (C=O) groups is 2. The number of benzene rings is 1. The molecule has 0 unspecified atom stereocenters. The Morgan fingerprint density at radius 3 is 2.31 bits per heavy atom. The molecule has 0 atom stereocenters. The van der Waals surface area contributed by atoms with Crippen LogP contribution in [-0.2, 0) is 29.1 Å². The van der Waals surface area contributed by atoms with Crippen LogP contribution in [-0.4, -0.2) is 65.7 Å². The highest BCUT2D eigenvalue weighted by atomic mass is 32.2. The third-order valence-corrected chi connectivity index (χ3v) is 5.63. The van der Waals surface area contributed by atoms with Gasteiger partial charge in [0.2, 0.25) is 10.0 Å². The summed E-state index contributed by atoms with van der Waals surface area (Å²) < 4.78 is 47.6. The summed E-state index contributed by atoms with van der Waals surface area (Å²) in [5.74, 6) is -1.10. The molecule has 0 aliphatic heterocycles. The lowest BCUT2D eigenvalue weighted by molar-refractivity contribution is -0.143. The summed E-state index contributed by atoms with van der Waals surface area (Å²) in [5, 5.41) is 0. The van der Waals surface area contributed by atoms with E-state index in [1.54, 1.807) is 13.8 Å². The van der Waals surface area contributed by atoms with Crippen molar-refractivity contribution in [1.29, 1.82) is 0 Å². The maximum Gasteiger partial charge on any atom is 0.330 e. The van der Waals surface area contributed by atoms with Crippen molar-refractivity contribution in [2.75, 3.05) is 41.0 Å². The first-order valence-electron chi connectivity index (χ1n) is 8.92. The minimum Gasteiger partial charge on any atom is -0.493 e. The number of carbonyl (C=O) groups excluding carboxylic acids is 2. The van der Waals surface area contributed by atoms with Crippen molar-refractivity contribution in [3.63, 3.8) is 0 Å². The summed E-state index contributed by atoms with van der Waals surface area (Å²) in [4.78, 5) is 23.1. The van der Waals surface area contributed by atoms with Gasteiger partial charge in [0.25, 0.3) is 0 Å². The number of ether oxygens (including phenoxy) is 4. The lowest BCUT2D eigenvalue weighted by Crippen LogP contribution is -2.37. The summed E-state index contributed by atoms with van der Waals surface area (Å²) in [6, 6.07) is 2.86. The number of sulfonamides is 1. The van der Waals surface area contributed by atoms with Crippen LogP contribution in [0.3, 0.4) is 0 Å². The van der Waals surface area contributed by atoms with E-state index in [2.05, 4.69) is 4.74 Å². The molecule has 0 saturated carbocycles. The molecule has 1 aromatic carbocycles. The van der Waals surface area contributed by atoms with Crippen LogP contribution in [0.4, 0.5) is 0 Å². The molecule has 1 aromatic rings. The molecule has 1 rings (SSSR count). The summed E-state index contributed by atoms with van der Waals surface area (Å²) in [6.07, 6.45) is 3.03. The van der Waals surface area contributed by atoms with E-state index < -0.39 is 28.5 Å². The van der Waals surface area contributed by atoms with E-state index >= 15 is 0 Å². The van der Waals surface area contributed by atoms with Crippen LogP contribution < -0.4 is 9.47 Å². The van der Waals surface area contributed by atoms with E-state index in [4.69, 9.17) is 14.2 Å². The van der Waals surface area contributed by atoms with Gasteiger partial charge in [0.05, 0.1) is 27.9 Å². The first-order valence-corrected chi connectivity index (χ1v) is 10.4. The van der Waals surface area contributed by atoms with Crippen LogP contribution in [0.1, 0.15) is 25.8 Å². The van der Waals surface area contributed by atoms with Crippen LogP contribution in [0, 0.1) is 0 Å². The zero-order valence-corrected chi connectivity index (χ0v) is 18.1. The lowest BCUT2D eigenvalue weighted by atomic mass is 10.2. The largest absolute Gasteiger partial charge is 0.493 e. The van der Waals surface area contributed by atoms with Gasteiger partial charge < -0.3 is 18.9 Å². The van der Waals surface area contributed by atoms with Gasteiger partial charge in [-0.2, -0.15) is 4.31 Å². The van der Waals surface area contributed by atoms with E-state index in [1.165, 1.54) is 39.5 Å². The number of esters is 2. The zero-order valence-electron chi connectivity index (χ0n) is 17.3. The molecular weight excluding hydrogens is 402 g/mol. The van der Waals surface area contributed by atoms with Crippen molar-refractivity contribution in [3.05, 3.63) is 23.8 Å². The third-order valence-electron chi connectivity index (χ3n) is 3.78. The minimum atomic E-state index is -4.14. The van der Waals surface area contributed by atoms with Crippen molar-refractivity contribution in [2.45, 2.75) is 25.2 Å². The van der Waals surface area contributed by atoms with Crippen molar-refractivity contribution < 1.29 is 37.0 Å². The Labute approximate surface area is 171 Å². The fraction of sp³-hybridized carbons (Fsp3) is 0.474. The van der Waals surface area contributed by atoms with Crippen LogP contribution in [0.15, 0.2) is 23.1 Å². The Bertz CT molecular complexity index is 848. The Hall–Kier alpha value is -2.59. The average molecular weight is 429 g/mol. The van der Waals surface area contributed by atoms with E-state index in [-0.39, 0.29) is 29.5 Å².